The number of hydrogen-bond donors (Lipinski definition) is 0. The van der Waals surface area contributed by atoms with Gasteiger partial charge in [0.25, 0.3) is 0 Å². The van der Waals surface area contributed by atoms with E-state index in [0.29, 0.717) is 32.3 Å². The minimum absolute atomic E-state index is 0.0626. The van der Waals surface area contributed by atoms with Crippen molar-refractivity contribution in [3.8, 4) is 0 Å². The minimum atomic E-state index is -0.189. The lowest BCUT2D eigenvalue weighted by molar-refractivity contribution is -0.150. The second kappa shape index (κ2) is 12.0. The molecule has 0 saturated heterocycles. The van der Waals surface area contributed by atoms with Crippen LogP contribution in [-0.4, -0.2) is 24.6 Å². The lowest BCUT2D eigenvalue weighted by atomic mass is 10.1. The summed E-state index contributed by atoms with van der Waals surface area (Å²) in [6, 6.07) is 0. The highest BCUT2D eigenvalue weighted by atomic mass is 16.5. The molecular formula is C15H28O4. The molecule has 0 aromatic rings. The van der Waals surface area contributed by atoms with E-state index in [1.165, 1.54) is 0 Å². The highest BCUT2D eigenvalue weighted by Crippen LogP contribution is 2.11. The maximum Gasteiger partial charge on any atom is 0.306 e. The molecule has 0 heterocycles. The predicted molar refractivity (Wildman–Crippen MR) is 74.8 cm³/mol. The van der Waals surface area contributed by atoms with Gasteiger partial charge in [0.1, 0.15) is 6.10 Å². The fourth-order valence-corrected chi connectivity index (χ4v) is 1.92. The zero-order valence-electron chi connectivity index (χ0n) is 12.6. The van der Waals surface area contributed by atoms with Crippen LogP contribution in [0.3, 0.4) is 0 Å². The summed E-state index contributed by atoms with van der Waals surface area (Å²) in [5.74, 6) is -0.332. The average Bonchev–Trinajstić information content (AvgIpc) is 2.35. The molecule has 0 amide bonds. The second-order valence-corrected chi connectivity index (χ2v) is 4.70. The van der Waals surface area contributed by atoms with Gasteiger partial charge in [-0.2, -0.15) is 0 Å². The number of esters is 2. The van der Waals surface area contributed by atoms with Crippen molar-refractivity contribution in [2.75, 3.05) is 6.61 Å². The molecule has 0 aliphatic carbocycles. The lowest BCUT2D eigenvalue weighted by Gasteiger charge is -2.16. The molecule has 0 aliphatic rings. The van der Waals surface area contributed by atoms with Gasteiger partial charge in [0, 0.05) is 12.8 Å². The van der Waals surface area contributed by atoms with Gasteiger partial charge in [0.05, 0.1) is 6.61 Å². The van der Waals surface area contributed by atoms with Crippen molar-refractivity contribution < 1.29 is 19.1 Å². The summed E-state index contributed by atoms with van der Waals surface area (Å²) in [5.41, 5.74) is 0. The van der Waals surface area contributed by atoms with Gasteiger partial charge < -0.3 is 9.47 Å². The van der Waals surface area contributed by atoms with Gasteiger partial charge in [-0.1, -0.05) is 26.7 Å². The summed E-state index contributed by atoms with van der Waals surface area (Å²) in [7, 11) is 0. The summed E-state index contributed by atoms with van der Waals surface area (Å²) in [4.78, 5) is 22.7. The number of hydrogen-bond acceptors (Lipinski definition) is 4. The van der Waals surface area contributed by atoms with Crippen LogP contribution in [-0.2, 0) is 19.1 Å². The smallest absolute Gasteiger partial charge is 0.306 e. The Kier molecular flexibility index (Phi) is 11.3. The standard InChI is InChI=1S/C15H28O4/c1-4-9-13(10-5-2)19-15(17)12-8-7-11-14(16)18-6-3/h13H,4-12H2,1-3H3. The van der Waals surface area contributed by atoms with Crippen molar-refractivity contribution in [2.45, 2.75) is 78.2 Å². The Bertz CT molecular complexity index is 245. The van der Waals surface area contributed by atoms with Gasteiger partial charge in [-0.05, 0) is 32.6 Å². The monoisotopic (exact) mass is 272 g/mol. The molecule has 19 heavy (non-hydrogen) atoms. The molecule has 0 spiro atoms. The fraction of sp³-hybridized carbons (Fsp3) is 0.867. The topological polar surface area (TPSA) is 52.6 Å². The third kappa shape index (κ3) is 10.5. The van der Waals surface area contributed by atoms with E-state index in [0.717, 1.165) is 25.7 Å². The molecule has 0 unspecified atom stereocenters. The average molecular weight is 272 g/mol. The zero-order chi connectivity index (χ0) is 14.5. The molecule has 0 bridgehead atoms. The minimum Gasteiger partial charge on any atom is -0.466 e. The molecule has 0 radical (unpaired) electrons. The second-order valence-electron chi connectivity index (χ2n) is 4.70. The molecule has 0 fully saturated rings. The van der Waals surface area contributed by atoms with Crippen molar-refractivity contribution in [1.29, 1.82) is 0 Å². The predicted octanol–water partition coefficient (Wildman–Crippen LogP) is 3.62. The fourth-order valence-electron chi connectivity index (χ4n) is 1.92. The van der Waals surface area contributed by atoms with E-state index in [4.69, 9.17) is 9.47 Å². The highest BCUT2D eigenvalue weighted by molar-refractivity contribution is 5.70. The Morgan fingerprint density at radius 3 is 1.89 bits per heavy atom. The van der Waals surface area contributed by atoms with Crippen LogP contribution in [0.2, 0.25) is 0 Å². The zero-order valence-corrected chi connectivity index (χ0v) is 12.6. The summed E-state index contributed by atoms with van der Waals surface area (Å²) in [6.07, 6.45) is 6.13. The van der Waals surface area contributed by atoms with Crippen LogP contribution in [0.5, 0.6) is 0 Å². The van der Waals surface area contributed by atoms with Crippen molar-refractivity contribution in [2.24, 2.45) is 0 Å². The summed E-state index contributed by atoms with van der Waals surface area (Å²) < 4.78 is 10.3. The van der Waals surface area contributed by atoms with E-state index in [-0.39, 0.29) is 18.0 Å². The van der Waals surface area contributed by atoms with E-state index < -0.39 is 0 Å². The van der Waals surface area contributed by atoms with Gasteiger partial charge in [0.15, 0.2) is 0 Å². The van der Waals surface area contributed by atoms with Gasteiger partial charge in [-0.25, -0.2) is 0 Å². The summed E-state index contributed by atoms with van der Waals surface area (Å²) in [6.45, 7) is 6.39. The number of carbonyl (C=O) groups is 2. The largest absolute Gasteiger partial charge is 0.466 e. The van der Waals surface area contributed by atoms with Crippen LogP contribution in [0, 0.1) is 0 Å². The molecule has 4 nitrogen and oxygen atoms in total. The Balaban J connectivity index is 3.69. The highest BCUT2D eigenvalue weighted by Gasteiger charge is 2.12. The lowest BCUT2D eigenvalue weighted by Crippen LogP contribution is -2.17. The molecule has 0 aromatic carbocycles. The maximum absolute atomic E-state index is 11.6. The van der Waals surface area contributed by atoms with Crippen LogP contribution >= 0.6 is 0 Å². The number of rotatable bonds is 11. The Hall–Kier alpha value is -1.06. The normalized spacial score (nSPS) is 10.5. The number of carbonyl (C=O) groups excluding carboxylic acids is 2. The van der Waals surface area contributed by atoms with Gasteiger partial charge in [0.2, 0.25) is 0 Å². The molecule has 0 rings (SSSR count). The van der Waals surface area contributed by atoms with Crippen molar-refractivity contribution in [3.05, 3.63) is 0 Å². The SMILES string of the molecule is CCCC(CCC)OC(=O)CCCCC(=O)OCC. The van der Waals surface area contributed by atoms with E-state index in [2.05, 4.69) is 13.8 Å². The van der Waals surface area contributed by atoms with E-state index in [1.807, 2.05) is 0 Å². The number of ether oxygens (including phenoxy) is 2. The molecule has 4 heteroatoms. The van der Waals surface area contributed by atoms with Crippen LogP contribution in [0.25, 0.3) is 0 Å². The molecular weight excluding hydrogens is 244 g/mol. The van der Waals surface area contributed by atoms with E-state index in [1.54, 1.807) is 6.92 Å². The van der Waals surface area contributed by atoms with Crippen molar-refractivity contribution in [3.63, 3.8) is 0 Å². The third-order valence-electron chi connectivity index (χ3n) is 2.84. The molecule has 0 N–H and O–H groups in total. The first kappa shape index (κ1) is 17.9. The first-order valence-electron chi connectivity index (χ1n) is 7.49. The van der Waals surface area contributed by atoms with Crippen LogP contribution < -0.4 is 0 Å². The first-order valence-corrected chi connectivity index (χ1v) is 7.49. The molecule has 0 atom stereocenters. The van der Waals surface area contributed by atoms with Crippen molar-refractivity contribution >= 4 is 11.9 Å². The quantitative estimate of drug-likeness (QED) is 0.426. The number of unbranched alkanes of at least 4 members (excludes halogenated alkanes) is 1. The molecule has 0 aromatic heterocycles. The Morgan fingerprint density at radius 1 is 0.895 bits per heavy atom. The summed E-state index contributed by atoms with van der Waals surface area (Å²) in [5, 5.41) is 0. The van der Waals surface area contributed by atoms with Gasteiger partial charge >= 0.3 is 11.9 Å². The van der Waals surface area contributed by atoms with Gasteiger partial charge in [-0.3, -0.25) is 9.59 Å². The van der Waals surface area contributed by atoms with E-state index in [9.17, 15) is 9.59 Å². The molecule has 0 saturated carbocycles. The Labute approximate surface area is 116 Å². The maximum atomic E-state index is 11.6. The molecule has 112 valence electrons. The van der Waals surface area contributed by atoms with Gasteiger partial charge in [-0.15, -0.1) is 0 Å². The Morgan fingerprint density at radius 2 is 1.42 bits per heavy atom. The van der Waals surface area contributed by atoms with Crippen molar-refractivity contribution in [1.82, 2.24) is 0 Å². The van der Waals surface area contributed by atoms with Crippen LogP contribution in [0.15, 0.2) is 0 Å². The molecule has 0 aliphatic heterocycles. The van der Waals surface area contributed by atoms with Crippen LogP contribution in [0.1, 0.15) is 72.1 Å². The first-order chi connectivity index (χ1) is 9.13. The summed E-state index contributed by atoms with van der Waals surface area (Å²) >= 11 is 0. The van der Waals surface area contributed by atoms with E-state index >= 15 is 0 Å². The van der Waals surface area contributed by atoms with Crippen LogP contribution in [0.4, 0.5) is 0 Å². The third-order valence-corrected chi connectivity index (χ3v) is 2.84.